The molecule has 0 spiro atoms. The third kappa shape index (κ3) is 3.21. The van der Waals surface area contributed by atoms with Crippen LogP contribution in [0.15, 0.2) is 18.2 Å². The highest BCUT2D eigenvalue weighted by Gasteiger charge is 2.38. The Bertz CT molecular complexity index is 554. The van der Waals surface area contributed by atoms with Gasteiger partial charge in [0.05, 0.1) is 16.7 Å². The second kappa shape index (κ2) is 6.22. The van der Waals surface area contributed by atoms with Gasteiger partial charge in [0, 0.05) is 0 Å². The maximum atomic E-state index is 13.2. The summed E-state index contributed by atoms with van der Waals surface area (Å²) < 4.78 is 13.2. The van der Waals surface area contributed by atoms with Crippen molar-refractivity contribution < 1.29 is 19.1 Å². The van der Waals surface area contributed by atoms with E-state index in [4.69, 9.17) is 5.11 Å². The van der Waals surface area contributed by atoms with Gasteiger partial charge in [-0.05, 0) is 50.6 Å². The lowest BCUT2D eigenvalue weighted by molar-refractivity contribution is -0.127. The van der Waals surface area contributed by atoms with E-state index < -0.39 is 17.2 Å². The Kier molecular flexibility index (Phi) is 4.57. The molecule has 0 radical (unpaired) electrons. The van der Waals surface area contributed by atoms with Crippen molar-refractivity contribution in [1.29, 1.82) is 0 Å². The minimum absolute atomic E-state index is 0.139. The van der Waals surface area contributed by atoms with E-state index in [1.54, 1.807) is 0 Å². The molecule has 1 aromatic rings. The van der Waals surface area contributed by atoms with E-state index in [0.29, 0.717) is 19.3 Å². The van der Waals surface area contributed by atoms with Crippen LogP contribution in [0, 0.1) is 11.2 Å². The van der Waals surface area contributed by atoms with Crippen molar-refractivity contribution in [3.05, 3.63) is 29.6 Å². The molecule has 0 saturated carbocycles. The number of benzene rings is 1. The molecule has 1 heterocycles. The average molecular weight is 294 g/mol. The number of aromatic carboxylic acids is 1. The number of hydrogen-bond acceptors (Lipinski definition) is 3. The fraction of sp³-hybridized carbons (Fsp3) is 0.467. The molecule has 21 heavy (non-hydrogen) atoms. The van der Waals surface area contributed by atoms with Crippen LogP contribution in [-0.4, -0.2) is 30.1 Å². The molecule has 2 rings (SSSR count). The lowest BCUT2D eigenvalue weighted by Crippen LogP contribution is -2.44. The summed E-state index contributed by atoms with van der Waals surface area (Å²) in [6, 6.07) is 3.35. The minimum atomic E-state index is -1.26. The lowest BCUT2D eigenvalue weighted by Gasteiger charge is -2.35. The number of carbonyl (C=O) groups is 2. The van der Waals surface area contributed by atoms with Crippen LogP contribution < -0.4 is 10.6 Å². The number of carboxylic acids is 1. The molecular weight excluding hydrogens is 275 g/mol. The van der Waals surface area contributed by atoms with Gasteiger partial charge in [-0.1, -0.05) is 6.92 Å². The molecule has 3 N–H and O–H groups in total. The van der Waals surface area contributed by atoms with Crippen molar-refractivity contribution in [3.8, 4) is 0 Å². The SMILES string of the molecule is CCC1(C(=O)Nc2ccc(F)cc2C(=O)O)CCNCC1. The lowest BCUT2D eigenvalue weighted by atomic mass is 9.76. The second-order valence-corrected chi connectivity index (χ2v) is 5.33. The molecule has 6 heteroatoms. The Morgan fingerprint density at radius 3 is 2.62 bits per heavy atom. The monoisotopic (exact) mass is 294 g/mol. The topological polar surface area (TPSA) is 78.4 Å². The highest BCUT2D eigenvalue weighted by Crippen LogP contribution is 2.34. The van der Waals surface area contributed by atoms with Gasteiger partial charge in [0.25, 0.3) is 0 Å². The molecule has 0 aliphatic carbocycles. The molecule has 0 unspecified atom stereocenters. The smallest absolute Gasteiger partial charge is 0.337 e. The Labute approximate surface area is 122 Å². The quantitative estimate of drug-likeness (QED) is 0.796. The third-order valence-electron chi connectivity index (χ3n) is 4.18. The van der Waals surface area contributed by atoms with Gasteiger partial charge in [0.2, 0.25) is 5.91 Å². The zero-order chi connectivity index (χ0) is 15.5. The van der Waals surface area contributed by atoms with E-state index in [1.807, 2.05) is 6.92 Å². The van der Waals surface area contributed by atoms with E-state index in [-0.39, 0.29) is 17.2 Å². The standard InChI is InChI=1S/C15H19FN2O3/c1-2-15(5-7-17-8-6-15)14(21)18-12-4-3-10(16)9-11(12)13(19)20/h3-4,9,17H,2,5-8H2,1H3,(H,18,21)(H,19,20). The first-order valence-electron chi connectivity index (χ1n) is 7.03. The Balaban J connectivity index is 2.24. The number of hydrogen-bond donors (Lipinski definition) is 3. The first kappa shape index (κ1) is 15.4. The van der Waals surface area contributed by atoms with E-state index in [2.05, 4.69) is 10.6 Å². The van der Waals surface area contributed by atoms with E-state index in [9.17, 15) is 14.0 Å². The molecular formula is C15H19FN2O3. The number of anilines is 1. The molecule has 0 bridgehead atoms. The normalized spacial score (nSPS) is 17.2. The first-order chi connectivity index (χ1) is 9.98. The summed E-state index contributed by atoms with van der Waals surface area (Å²) in [5, 5.41) is 15.0. The van der Waals surface area contributed by atoms with Crippen LogP contribution in [0.4, 0.5) is 10.1 Å². The Morgan fingerprint density at radius 2 is 2.05 bits per heavy atom. The fourth-order valence-corrected chi connectivity index (χ4v) is 2.70. The zero-order valence-corrected chi connectivity index (χ0v) is 11.9. The van der Waals surface area contributed by atoms with E-state index >= 15 is 0 Å². The summed E-state index contributed by atoms with van der Waals surface area (Å²) in [7, 11) is 0. The number of rotatable bonds is 4. The summed E-state index contributed by atoms with van der Waals surface area (Å²) in [6.45, 7) is 3.47. The number of halogens is 1. The Hall–Kier alpha value is -1.95. The summed E-state index contributed by atoms with van der Waals surface area (Å²) in [5.41, 5.74) is -0.584. The van der Waals surface area contributed by atoms with Crippen LogP contribution >= 0.6 is 0 Å². The summed E-state index contributed by atoms with van der Waals surface area (Å²) in [6.07, 6.45) is 2.10. The van der Waals surface area contributed by atoms with Crippen molar-refractivity contribution in [2.24, 2.45) is 5.41 Å². The summed E-state index contributed by atoms with van der Waals surface area (Å²) in [5.74, 6) is -2.10. The minimum Gasteiger partial charge on any atom is -0.478 e. The average Bonchev–Trinajstić information content (AvgIpc) is 2.49. The summed E-state index contributed by atoms with van der Waals surface area (Å²) >= 11 is 0. The van der Waals surface area contributed by atoms with Gasteiger partial charge in [-0.15, -0.1) is 0 Å². The molecule has 1 aliphatic heterocycles. The number of carboxylic acid groups (broad SMARTS) is 1. The molecule has 1 aliphatic rings. The van der Waals surface area contributed by atoms with Crippen molar-refractivity contribution in [1.82, 2.24) is 5.32 Å². The van der Waals surface area contributed by atoms with Crippen LogP contribution in [0.1, 0.15) is 36.5 Å². The molecule has 1 aromatic carbocycles. The van der Waals surface area contributed by atoms with Crippen LogP contribution in [0.5, 0.6) is 0 Å². The number of piperidine rings is 1. The van der Waals surface area contributed by atoms with Crippen molar-refractivity contribution >= 4 is 17.6 Å². The largest absolute Gasteiger partial charge is 0.478 e. The van der Waals surface area contributed by atoms with E-state index in [1.165, 1.54) is 6.07 Å². The fourth-order valence-electron chi connectivity index (χ4n) is 2.70. The highest BCUT2D eigenvalue weighted by atomic mass is 19.1. The van der Waals surface area contributed by atoms with Gasteiger partial charge in [-0.25, -0.2) is 9.18 Å². The molecule has 0 aromatic heterocycles. The van der Waals surface area contributed by atoms with Crippen molar-refractivity contribution in [2.75, 3.05) is 18.4 Å². The van der Waals surface area contributed by atoms with E-state index in [0.717, 1.165) is 25.2 Å². The van der Waals surface area contributed by atoms with Gasteiger partial charge in [0.1, 0.15) is 5.82 Å². The van der Waals surface area contributed by atoms with Crippen LogP contribution in [0.2, 0.25) is 0 Å². The number of carbonyl (C=O) groups excluding carboxylic acids is 1. The molecule has 1 saturated heterocycles. The third-order valence-corrected chi connectivity index (χ3v) is 4.18. The predicted octanol–water partition coefficient (Wildman–Crippen LogP) is 2.24. The first-order valence-corrected chi connectivity index (χ1v) is 7.03. The second-order valence-electron chi connectivity index (χ2n) is 5.33. The molecule has 1 amide bonds. The Morgan fingerprint density at radius 1 is 1.38 bits per heavy atom. The van der Waals surface area contributed by atoms with Gasteiger partial charge >= 0.3 is 5.97 Å². The van der Waals surface area contributed by atoms with Gasteiger partial charge in [-0.3, -0.25) is 4.79 Å². The molecule has 0 atom stereocenters. The van der Waals surface area contributed by atoms with Crippen LogP contribution in [0.25, 0.3) is 0 Å². The molecule has 114 valence electrons. The van der Waals surface area contributed by atoms with Gasteiger partial charge in [0.15, 0.2) is 0 Å². The van der Waals surface area contributed by atoms with Crippen LogP contribution in [-0.2, 0) is 4.79 Å². The summed E-state index contributed by atoms with van der Waals surface area (Å²) in [4.78, 5) is 23.7. The molecule has 5 nitrogen and oxygen atoms in total. The number of amides is 1. The van der Waals surface area contributed by atoms with Gasteiger partial charge < -0.3 is 15.7 Å². The predicted molar refractivity (Wildman–Crippen MR) is 76.8 cm³/mol. The zero-order valence-electron chi connectivity index (χ0n) is 11.9. The molecule has 1 fully saturated rings. The van der Waals surface area contributed by atoms with Crippen molar-refractivity contribution in [2.45, 2.75) is 26.2 Å². The maximum absolute atomic E-state index is 13.2. The number of nitrogens with one attached hydrogen (secondary N) is 2. The van der Waals surface area contributed by atoms with Gasteiger partial charge in [-0.2, -0.15) is 0 Å². The highest BCUT2D eigenvalue weighted by molar-refractivity contribution is 6.02. The maximum Gasteiger partial charge on any atom is 0.337 e. The van der Waals surface area contributed by atoms with Crippen LogP contribution in [0.3, 0.4) is 0 Å². The van der Waals surface area contributed by atoms with Crippen molar-refractivity contribution in [3.63, 3.8) is 0 Å².